The molecular weight excluding hydrogens is 428 g/mol. The summed E-state index contributed by atoms with van der Waals surface area (Å²) in [5.41, 5.74) is 7.23. The smallest absolute Gasteiger partial charge is 0.241 e. The fourth-order valence-electron chi connectivity index (χ4n) is 3.65. The molecule has 0 unspecified atom stereocenters. The summed E-state index contributed by atoms with van der Waals surface area (Å²) in [6.07, 6.45) is 3.57. The van der Waals surface area contributed by atoms with Crippen LogP contribution in [0.3, 0.4) is 0 Å². The van der Waals surface area contributed by atoms with Crippen molar-refractivity contribution in [1.29, 1.82) is 0 Å². The first-order valence-corrected chi connectivity index (χ1v) is 10.9. The summed E-state index contributed by atoms with van der Waals surface area (Å²) >= 11 is 0. The topological polar surface area (TPSA) is 77.7 Å². The van der Waals surface area contributed by atoms with Gasteiger partial charge in [0.2, 0.25) is 5.91 Å². The van der Waals surface area contributed by atoms with Gasteiger partial charge in [-0.1, -0.05) is 60.7 Å². The molecule has 3 aromatic carbocycles. The molecule has 0 aliphatic heterocycles. The summed E-state index contributed by atoms with van der Waals surface area (Å²) in [5, 5.41) is 4.09. The van der Waals surface area contributed by atoms with Gasteiger partial charge >= 0.3 is 0 Å². The molecule has 0 atom stereocenters. The molecule has 7 nitrogen and oxygen atoms in total. The third-order valence-electron chi connectivity index (χ3n) is 5.34. The van der Waals surface area contributed by atoms with E-state index in [1.807, 2.05) is 65.2 Å². The van der Waals surface area contributed by atoms with E-state index in [1.54, 1.807) is 45.0 Å². The third kappa shape index (κ3) is 5.32. The number of nitrogens with one attached hydrogen (secondary N) is 1. The summed E-state index contributed by atoms with van der Waals surface area (Å²) in [6, 6.07) is 25.5. The molecular formula is C27H26N4O3. The third-order valence-corrected chi connectivity index (χ3v) is 5.34. The second-order valence-electron chi connectivity index (χ2n) is 7.52. The maximum atomic E-state index is 12.5. The standard InChI is InChI=1S/C27H26N4O3/c1-33-23-13-14-24(34-2)22(17-23)18-29-30-25(32)15-16-31-19-28-26(20-9-5-3-6-10-20)27(31)21-11-7-4-8-12-21/h3-14,17-19H,15-16H2,1-2H3,(H,30,32)/b29-18-. The lowest BCUT2D eigenvalue weighted by Gasteiger charge is -2.10. The Bertz CT molecular complexity index is 1270. The first-order chi connectivity index (χ1) is 16.7. The average molecular weight is 455 g/mol. The first-order valence-electron chi connectivity index (χ1n) is 10.9. The number of ether oxygens (including phenoxy) is 2. The van der Waals surface area contributed by atoms with E-state index in [0.29, 0.717) is 23.6 Å². The number of aromatic nitrogens is 2. The predicted octanol–water partition coefficient (Wildman–Crippen LogP) is 4.77. The molecule has 1 amide bonds. The average Bonchev–Trinajstić information content (AvgIpc) is 3.32. The Balaban J connectivity index is 1.47. The van der Waals surface area contributed by atoms with Gasteiger partial charge in [-0.15, -0.1) is 0 Å². The SMILES string of the molecule is COc1ccc(OC)c(/C=N\NC(=O)CCn2cnc(-c3ccccc3)c2-c2ccccc2)c1. The van der Waals surface area contributed by atoms with Crippen LogP contribution >= 0.6 is 0 Å². The van der Waals surface area contributed by atoms with Crippen molar-refractivity contribution in [2.75, 3.05) is 14.2 Å². The number of hydrogen-bond donors (Lipinski definition) is 1. The minimum atomic E-state index is -0.202. The molecule has 0 aliphatic rings. The lowest BCUT2D eigenvalue weighted by molar-refractivity contribution is -0.121. The lowest BCUT2D eigenvalue weighted by Crippen LogP contribution is -2.19. The van der Waals surface area contributed by atoms with Crippen LogP contribution < -0.4 is 14.9 Å². The molecule has 0 aliphatic carbocycles. The largest absolute Gasteiger partial charge is 0.497 e. The molecule has 0 spiro atoms. The van der Waals surface area contributed by atoms with Crippen LogP contribution in [0.4, 0.5) is 0 Å². The molecule has 1 N–H and O–H groups in total. The quantitative estimate of drug-likeness (QED) is 0.292. The van der Waals surface area contributed by atoms with Crippen LogP contribution in [-0.2, 0) is 11.3 Å². The summed E-state index contributed by atoms with van der Waals surface area (Å²) < 4.78 is 12.6. The molecule has 0 saturated carbocycles. The van der Waals surface area contributed by atoms with E-state index in [4.69, 9.17) is 9.47 Å². The van der Waals surface area contributed by atoms with Crippen LogP contribution in [0.5, 0.6) is 11.5 Å². The fourth-order valence-corrected chi connectivity index (χ4v) is 3.65. The second kappa shape index (κ2) is 11.0. The fraction of sp³-hybridized carbons (Fsp3) is 0.148. The number of carbonyl (C=O) groups is 1. The maximum absolute atomic E-state index is 12.5. The van der Waals surface area contributed by atoms with Gasteiger partial charge in [0.1, 0.15) is 11.5 Å². The summed E-state index contributed by atoms with van der Waals surface area (Å²) in [4.78, 5) is 17.1. The van der Waals surface area contributed by atoms with Crippen LogP contribution in [0.2, 0.25) is 0 Å². The van der Waals surface area contributed by atoms with E-state index in [-0.39, 0.29) is 12.3 Å². The Labute approximate surface area is 198 Å². The molecule has 7 heteroatoms. The molecule has 0 fully saturated rings. The van der Waals surface area contributed by atoms with Gasteiger partial charge in [0, 0.05) is 29.7 Å². The van der Waals surface area contributed by atoms with Crippen LogP contribution in [-0.4, -0.2) is 35.9 Å². The zero-order valence-corrected chi connectivity index (χ0v) is 19.1. The number of amides is 1. The molecule has 0 bridgehead atoms. The number of aryl methyl sites for hydroxylation is 1. The number of hydrogen-bond acceptors (Lipinski definition) is 5. The van der Waals surface area contributed by atoms with Crippen molar-refractivity contribution in [2.24, 2.45) is 5.10 Å². The van der Waals surface area contributed by atoms with E-state index in [1.165, 1.54) is 0 Å². The Hall–Kier alpha value is -4.39. The second-order valence-corrected chi connectivity index (χ2v) is 7.52. The number of methoxy groups -OCH3 is 2. The highest BCUT2D eigenvalue weighted by atomic mass is 16.5. The lowest BCUT2D eigenvalue weighted by atomic mass is 10.0. The van der Waals surface area contributed by atoms with Gasteiger partial charge < -0.3 is 14.0 Å². The minimum absolute atomic E-state index is 0.202. The van der Waals surface area contributed by atoms with E-state index < -0.39 is 0 Å². The van der Waals surface area contributed by atoms with Gasteiger partial charge in [-0.05, 0) is 18.2 Å². The molecule has 4 aromatic rings. The van der Waals surface area contributed by atoms with Gasteiger partial charge in [-0.2, -0.15) is 5.10 Å². The van der Waals surface area contributed by atoms with Crippen LogP contribution in [0.15, 0.2) is 90.3 Å². The molecule has 0 saturated heterocycles. The van der Waals surface area contributed by atoms with E-state index in [9.17, 15) is 4.79 Å². The van der Waals surface area contributed by atoms with E-state index in [2.05, 4.69) is 15.5 Å². The molecule has 0 radical (unpaired) electrons. The highest BCUT2D eigenvalue weighted by molar-refractivity contribution is 5.86. The number of carbonyl (C=O) groups excluding carboxylic acids is 1. The van der Waals surface area contributed by atoms with Crippen molar-refractivity contribution in [1.82, 2.24) is 15.0 Å². The number of nitrogens with zero attached hydrogens (tertiary/aromatic N) is 3. The highest BCUT2D eigenvalue weighted by Crippen LogP contribution is 2.31. The van der Waals surface area contributed by atoms with Crippen LogP contribution in [0.1, 0.15) is 12.0 Å². The number of imidazole rings is 1. The normalized spacial score (nSPS) is 10.9. The first kappa shape index (κ1) is 22.8. The Morgan fingerprint density at radius 2 is 1.68 bits per heavy atom. The van der Waals surface area contributed by atoms with Gasteiger partial charge in [0.05, 0.1) is 38.1 Å². The molecule has 1 heterocycles. The summed E-state index contributed by atoms with van der Waals surface area (Å²) in [5.74, 6) is 1.11. The van der Waals surface area contributed by atoms with E-state index in [0.717, 1.165) is 22.5 Å². The van der Waals surface area contributed by atoms with Crippen molar-refractivity contribution in [2.45, 2.75) is 13.0 Å². The molecule has 4 rings (SSSR count). The van der Waals surface area contributed by atoms with Crippen LogP contribution in [0.25, 0.3) is 22.5 Å². The Morgan fingerprint density at radius 1 is 0.971 bits per heavy atom. The van der Waals surface area contributed by atoms with Crippen molar-refractivity contribution < 1.29 is 14.3 Å². The molecule has 1 aromatic heterocycles. The van der Waals surface area contributed by atoms with Gasteiger partial charge in [-0.3, -0.25) is 4.79 Å². The van der Waals surface area contributed by atoms with Crippen molar-refractivity contribution >= 4 is 12.1 Å². The van der Waals surface area contributed by atoms with Crippen molar-refractivity contribution in [3.05, 3.63) is 90.8 Å². The highest BCUT2D eigenvalue weighted by Gasteiger charge is 2.15. The zero-order chi connectivity index (χ0) is 23.8. The van der Waals surface area contributed by atoms with Crippen LogP contribution in [0, 0.1) is 0 Å². The molecule has 172 valence electrons. The minimum Gasteiger partial charge on any atom is -0.497 e. The van der Waals surface area contributed by atoms with Crippen molar-refractivity contribution in [3.63, 3.8) is 0 Å². The number of hydrazone groups is 1. The monoisotopic (exact) mass is 454 g/mol. The summed E-state index contributed by atoms with van der Waals surface area (Å²) in [7, 11) is 3.17. The van der Waals surface area contributed by atoms with Gasteiger partial charge in [0.25, 0.3) is 0 Å². The van der Waals surface area contributed by atoms with E-state index >= 15 is 0 Å². The zero-order valence-electron chi connectivity index (χ0n) is 19.1. The van der Waals surface area contributed by atoms with Gasteiger partial charge in [-0.25, -0.2) is 10.4 Å². The number of rotatable bonds is 9. The maximum Gasteiger partial charge on any atom is 0.241 e. The Morgan fingerprint density at radius 3 is 2.35 bits per heavy atom. The predicted molar refractivity (Wildman–Crippen MR) is 133 cm³/mol. The summed E-state index contributed by atoms with van der Waals surface area (Å²) in [6.45, 7) is 0.466. The number of benzene rings is 3. The van der Waals surface area contributed by atoms with Gasteiger partial charge in [0.15, 0.2) is 0 Å². The Kier molecular flexibility index (Phi) is 7.35. The van der Waals surface area contributed by atoms with Crippen molar-refractivity contribution in [3.8, 4) is 34.0 Å². The molecule has 34 heavy (non-hydrogen) atoms.